The van der Waals surface area contributed by atoms with E-state index in [1.54, 1.807) is 0 Å². The van der Waals surface area contributed by atoms with E-state index >= 15 is 0 Å². The Labute approximate surface area is 200 Å². The fraction of sp³-hybridized carbons (Fsp3) is 0.929. The molecule has 1 heterocycles. The molecule has 4 aliphatic carbocycles. The summed E-state index contributed by atoms with van der Waals surface area (Å²) in [6, 6.07) is 0. The van der Waals surface area contributed by atoms with Gasteiger partial charge in [0.2, 0.25) is 5.91 Å². The summed E-state index contributed by atoms with van der Waals surface area (Å²) in [7, 11) is 0. The van der Waals surface area contributed by atoms with Gasteiger partial charge in [-0.25, -0.2) is 0 Å². The zero-order chi connectivity index (χ0) is 23.4. The molecule has 0 aromatic rings. The van der Waals surface area contributed by atoms with Crippen LogP contribution in [0.25, 0.3) is 0 Å². The third-order valence-electron chi connectivity index (χ3n) is 11.0. The summed E-state index contributed by atoms with van der Waals surface area (Å²) in [6.45, 7) is 10.2. The molecule has 0 aromatic heterocycles. The highest BCUT2D eigenvalue weighted by molar-refractivity contribution is 5.84. The van der Waals surface area contributed by atoms with Gasteiger partial charge in [-0.1, -0.05) is 13.8 Å². The average Bonchev–Trinajstić information content (AvgIpc) is 3.15. The summed E-state index contributed by atoms with van der Waals surface area (Å²) in [5, 5.41) is 10.6. The number of piperazine rings is 1. The lowest BCUT2D eigenvalue weighted by atomic mass is 9.49. The second kappa shape index (κ2) is 8.93. The van der Waals surface area contributed by atoms with Crippen LogP contribution >= 0.6 is 0 Å². The van der Waals surface area contributed by atoms with Crippen LogP contribution in [0.2, 0.25) is 0 Å². The minimum Gasteiger partial charge on any atom is -0.390 e. The molecule has 0 unspecified atom stereocenters. The number of hydrogen-bond donors (Lipinski definition) is 1. The highest BCUT2D eigenvalue weighted by Gasteiger charge is 2.58. The molecule has 0 radical (unpaired) electrons. The molecule has 1 aliphatic heterocycles. The predicted molar refractivity (Wildman–Crippen MR) is 130 cm³/mol. The van der Waals surface area contributed by atoms with Gasteiger partial charge in [0.25, 0.3) is 0 Å². The van der Waals surface area contributed by atoms with Crippen molar-refractivity contribution in [3.8, 4) is 0 Å². The van der Waals surface area contributed by atoms with Gasteiger partial charge in [-0.3, -0.25) is 14.5 Å². The first-order valence-corrected chi connectivity index (χ1v) is 14.0. The van der Waals surface area contributed by atoms with Crippen molar-refractivity contribution in [1.29, 1.82) is 0 Å². The summed E-state index contributed by atoms with van der Waals surface area (Å²) >= 11 is 0. The van der Waals surface area contributed by atoms with Crippen LogP contribution in [0.5, 0.6) is 0 Å². The first-order valence-electron chi connectivity index (χ1n) is 14.0. The Morgan fingerprint density at radius 2 is 1.61 bits per heavy atom. The molecule has 1 amide bonds. The molecular formula is C28H46N2O3. The quantitative estimate of drug-likeness (QED) is 0.688. The Morgan fingerprint density at radius 3 is 2.33 bits per heavy atom. The van der Waals surface area contributed by atoms with Crippen molar-refractivity contribution in [3.05, 3.63) is 0 Å². The molecule has 5 rings (SSSR count). The van der Waals surface area contributed by atoms with Gasteiger partial charge in [0.1, 0.15) is 5.78 Å². The highest BCUT2D eigenvalue weighted by atomic mass is 16.3. The lowest BCUT2D eigenvalue weighted by Gasteiger charge is -2.57. The molecule has 0 bridgehead atoms. The molecule has 5 fully saturated rings. The number of amides is 1. The van der Waals surface area contributed by atoms with Crippen molar-refractivity contribution in [1.82, 2.24) is 9.80 Å². The zero-order valence-corrected chi connectivity index (χ0v) is 21.2. The van der Waals surface area contributed by atoms with Gasteiger partial charge in [-0.2, -0.15) is 0 Å². The van der Waals surface area contributed by atoms with Crippen molar-refractivity contribution in [3.63, 3.8) is 0 Å². The van der Waals surface area contributed by atoms with Crippen molar-refractivity contribution in [2.75, 3.05) is 32.7 Å². The number of hydrogen-bond acceptors (Lipinski definition) is 4. The van der Waals surface area contributed by atoms with E-state index in [0.29, 0.717) is 24.7 Å². The maximum Gasteiger partial charge on any atom is 0.222 e. The zero-order valence-electron chi connectivity index (χ0n) is 21.2. The number of carbonyl (C=O) groups is 2. The third-order valence-corrected chi connectivity index (χ3v) is 11.0. The lowest BCUT2D eigenvalue weighted by Crippen LogP contribution is -2.53. The predicted octanol–water partition coefficient (Wildman–Crippen LogP) is 4.13. The van der Waals surface area contributed by atoms with Gasteiger partial charge in [-0.05, 0) is 99.7 Å². The molecule has 5 nitrogen and oxygen atoms in total. The number of fused-ring (bicyclic) bond motifs is 5. The molecule has 33 heavy (non-hydrogen) atoms. The number of nitrogens with zero attached hydrogens (tertiary/aromatic N) is 2. The van der Waals surface area contributed by atoms with E-state index in [1.165, 1.54) is 38.5 Å². The maximum atomic E-state index is 13.6. The van der Waals surface area contributed by atoms with Gasteiger partial charge in [0, 0.05) is 38.5 Å². The van der Waals surface area contributed by atoms with Gasteiger partial charge < -0.3 is 10.0 Å². The van der Waals surface area contributed by atoms with E-state index in [4.69, 9.17) is 0 Å². The fourth-order valence-electron chi connectivity index (χ4n) is 9.32. The van der Waals surface area contributed by atoms with Crippen LogP contribution < -0.4 is 0 Å². The van der Waals surface area contributed by atoms with Gasteiger partial charge in [0.05, 0.1) is 12.1 Å². The number of rotatable bonds is 4. The lowest BCUT2D eigenvalue weighted by molar-refractivity contribution is -0.135. The molecular weight excluding hydrogens is 412 g/mol. The molecule has 1 saturated heterocycles. The first kappa shape index (κ1) is 23.8. The van der Waals surface area contributed by atoms with Gasteiger partial charge >= 0.3 is 0 Å². The molecule has 5 aliphatic rings. The average molecular weight is 459 g/mol. The number of aliphatic hydroxyl groups is 1. The van der Waals surface area contributed by atoms with Crippen molar-refractivity contribution >= 4 is 11.7 Å². The Balaban J connectivity index is 1.21. The molecule has 8 atom stereocenters. The van der Waals surface area contributed by atoms with E-state index in [-0.39, 0.29) is 17.2 Å². The van der Waals surface area contributed by atoms with E-state index in [0.717, 1.165) is 69.1 Å². The molecule has 5 heteroatoms. The van der Waals surface area contributed by atoms with Crippen LogP contribution in [0, 0.1) is 40.9 Å². The Bertz CT molecular complexity index is 758. The monoisotopic (exact) mass is 458 g/mol. The number of carbonyl (C=O) groups excluding carboxylic acids is 2. The normalized spacial score (nSPS) is 45.8. The van der Waals surface area contributed by atoms with Crippen LogP contribution in [0.3, 0.4) is 0 Å². The van der Waals surface area contributed by atoms with Crippen LogP contribution in [0.1, 0.15) is 85.0 Å². The highest BCUT2D eigenvalue weighted by Crippen LogP contribution is 2.64. The molecule has 0 spiro atoms. The second-order valence-corrected chi connectivity index (χ2v) is 12.8. The molecule has 0 aromatic carbocycles. The van der Waals surface area contributed by atoms with E-state index in [9.17, 15) is 14.7 Å². The third kappa shape index (κ3) is 4.30. The SMILES string of the molecule is CCC(=O)N1CCN(CC(=O)[C@H]2CC[C@H]3[C@@H]4CC[C@H]5C[C@](C)(O)CC[C@@H]5[C@H]4CC[C@]23C)CC1. The van der Waals surface area contributed by atoms with E-state index in [1.807, 2.05) is 18.7 Å². The smallest absolute Gasteiger partial charge is 0.222 e. The Morgan fingerprint density at radius 1 is 0.879 bits per heavy atom. The first-order chi connectivity index (χ1) is 15.7. The second-order valence-electron chi connectivity index (χ2n) is 12.8. The van der Waals surface area contributed by atoms with Gasteiger partial charge in [-0.15, -0.1) is 0 Å². The molecule has 1 N–H and O–H groups in total. The summed E-state index contributed by atoms with van der Waals surface area (Å²) < 4.78 is 0. The maximum absolute atomic E-state index is 13.6. The number of Topliss-reactive ketones (excluding diaryl/α,β-unsaturated/α-hetero) is 1. The van der Waals surface area contributed by atoms with Crippen LogP contribution in [-0.2, 0) is 9.59 Å². The summed E-state index contributed by atoms with van der Waals surface area (Å²) in [4.78, 5) is 29.8. The fourth-order valence-corrected chi connectivity index (χ4v) is 9.32. The Kier molecular flexibility index (Phi) is 6.44. The minimum absolute atomic E-state index is 0.186. The molecule has 186 valence electrons. The minimum atomic E-state index is -0.447. The summed E-state index contributed by atoms with van der Waals surface area (Å²) in [5.41, 5.74) is -0.261. The van der Waals surface area contributed by atoms with Crippen LogP contribution in [0.4, 0.5) is 0 Å². The van der Waals surface area contributed by atoms with Crippen molar-refractivity contribution < 1.29 is 14.7 Å². The Hall–Kier alpha value is -0.940. The summed E-state index contributed by atoms with van der Waals surface area (Å²) in [5.74, 6) is 4.81. The van der Waals surface area contributed by atoms with Crippen molar-refractivity contribution in [2.45, 2.75) is 90.6 Å². The molecule has 4 saturated carbocycles. The van der Waals surface area contributed by atoms with Crippen molar-refractivity contribution in [2.24, 2.45) is 40.9 Å². The van der Waals surface area contributed by atoms with Crippen LogP contribution in [-0.4, -0.2) is 64.9 Å². The standard InChI is InChI=1S/C28H46N2O3/c1-4-26(32)30-15-13-29(14-16-30)18-25(31)24-8-7-23-22-6-5-19-17-27(2,33)11-9-20(19)21(22)10-12-28(23,24)3/h19-24,33H,4-18H2,1-3H3/t19-,20-,21+,22+,23-,24+,27+,28-/m0/s1. The summed E-state index contributed by atoms with van der Waals surface area (Å²) in [6.07, 6.45) is 11.2. The largest absolute Gasteiger partial charge is 0.390 e. The van der Waals surface area contributed by atoms with E-state index < -0.39 is 5.60 Å². The topological polar surface area (TPSA) is 60.9 Å². The number of ketones is 1. The van der Waals surface area contributed by atoms with Gasteiger partial charge in [0.15, 0.2) is 0 Å². The van der Waals surface area contributed by atoms with Crippen LogP contribution in [0.15, 0.2) is 0 Å². The van der Waals surface area contributed by atoms with E-state index in [2.05, 4.69) is 11.8 Å².